The average Bonchev–Trinajstić information content (AvgIpc) is 3.03. The first kappa shape index (κ1) is 17.6. The van der Waals surface area contributed by atoms with E-state index in [1.54, 1.807) is 17.4 Å². The number of sulfone groups is 1. The number of nitrogens with zero attached hydrogens (tertiary/aromatic N) is 2. The van der Waals surface area contributed by atoms with E-state index in [2.05, 4.69) is 21.3 Å². The molecule has 1 fully saturated rings. The van der Waals surface area contributed by atoms with Gasteiger partial charge in [0, 0.05) is 4.88 Å². The van der Waals surface area contributed by atoms with Crippen molar-refractivity contribution in [1.82, 2.24) is 0 Å². The van der Waals surface area contributed by atoms with Crippen LogP contribution < -0.4 is 5.73 Å². The van der Waals surface area contributed by atoms with E-state index >= 15 is 0 Å². The molecule has 1 saturated heterocycles. The van der Waals surface area contributed by atoms with Gasteiger partial charge in [-0.2, -0.15) is 0 Å². The SMILES string of the molecule is [C-]#[N+]c1cccc(-c2csc(C3(C)CC4(CS(=O)(=O)C4)SC(N)=N3)c2)c1. The van der Waals surface area contributed by atoms with Gasteiger partial charge in [-0.3, -0.25) is 4.99 Å². The molecule has 1 atom stereocenters. The maximum Gasteiger partial charge on any atom is 0.187 e. The molecule has 0 bridgehead atoms. The Morgan fingerprint density at radius 2 is 2.04 bits per heavy atom. The molecule has 1 aromatic carbocycles. The van der Waals surface area contributed by atoms with Crippen LogP contribution in [0, 0.1) is 6.57 Å². The number of rotatable bonds is 2. The van der Waals surface area contributed by atoms with E-state index in [1.807, 2.05) is 25.1 Å². The lowest BCUT2D eigenvalue weighted by molar-refractivity contribution is 0.394. The molecule has 0 amide bonds. The predicted octanol–water partition coefficient (Wildman–Crippen LogP) is 3.80. The van der Waals surface area contributed by atoms with Crippen LogP contribution >= 0.6 is 23.1 Å². The Morgan fingerprint density at radius 3 is 2.73 bits per heavy atom. The highest BCUT2D eigenvalue weighted by molar-refractivity contribution is 8.17. The highest BCUT2D eigenvalue weighted by atomic mass is 32.2. The highest BCUT2D eigenvalue weighted by Gasteiger charge is 2.55. The first-order chi connectivity index (χ1) is 12.2. The number of amidine groups is 1. The van der Waals surface area contributed by atoms with Gasteiger partial charge in [0.05, 0.1) is 28.4 Å². The van der Waals surface area contributed by atoms with Gasteiger partial charge in [-0.1, -0.05) is 30.0 Å². The van der Waals surface area contributed by atoms with Gasteiger partial charge in [-0.05, 0) is 42.0 Å². The first-order valence-electron chi connectivity index (χ1n) is 8.04. The Bertz CT molecular complexity index is 1050. The van der Waals surface area contributed by atoms with Crippen molar-refractivity contribution < 1.29 is 8.42 Å². The molecule has 1 spiro atoms. The van der Waals surface area contributed by atoms with Gasteiger partial charge in [-0.25, -0.2) is 13.3 Å². The summed E-state index contributed by atoms with van der Waals surface area (Å²) in [5.74, 6) is 0.337. The molecular weight excluding hydrogens is 386 g/mol. The van der Waals surface area contributed by atoms with Gasteiger partial charge in [0.2, 0.25) is 0 Å². The van der Waals surface area contributed by atoms with Crippen molar-refractivity contribution in [3.63, 3.8) is 0 Å². The van der Waals surface area contributed by atoms with Crippen molar-refractivity contribution in [1.29, 1.82) is 0 Å². The molecular formula is C18H17N3O2S3. The van der Waals surface area contributed by atoms with Gasteiger partial charge < -0.3 is 5.73 Å². The summed E-state index contributed by atoms with van der Waals surface area (Å²) < 4.78 is 23.1. The van der Waals surface area contributed by atoms with Crippen LogP contribution in [0.4, 0.5) is 5.69 Å². The van der Waals surface area contributed by atoms with Crippen molar-refractivity contribution >= 4 is 43.8 Å². The van der Waals surface area contributed by atoms with Crippen LogP contribution in [0.1, 0.15) is 18.2 Å². The zero-order valence-electron chi connectivity index (χ0n) is 14.1. The Labute approximate surface area is 161 Å². The molecule has 0 radical (unpaired) electrons. The van der Waals surface area contributed by atoms with Crippen molar-refractivity contribution in [2.24, 2.45) is 10.7 Å². The van der Waals surface area contributed by atoms with E-state index in [-0.39, 0.29) is 16.3 Å². The summed E-state index contributed by atoms with van der Waals surface area (Å²) in [4.78, 5) is 9.22. The van der Waals surface area contributed by atoms with Crippen molar-refractivity contribution in [2.75, 3.05) is 11.5 Å². The largest absolute Gasteiger partial charge is 0.378 e. The van der Waals surface area contributed by atoms with E-state index < -0.39 is 15.4 Å². The predicted molar refractivity (Wildman–Crippen MR) is 109 cm³/mol. The molecule has 2 aromatic rings. The molecule has 4 rings (SSSR count). The third-order valence-corrected chi connectivity index (χ3v) is 9.45. The monoisotopic (exact) mass is 403 g/mol. The lowest BCUT2D eigenvalue weighted by atomic mass is 9.88. The minimum atomic E-state index is -2.95. The maximum absolute atomic E-state index is 11.7. The maximum atomic E-state index is 11.7. The molecule has 0 aliphatic carbocycles. The zero-order chi connectivity index (χ0) is 18.6. The number of thiophene rings is 1. The molecule has 26 heavy (non-hydrogen) atoms. The highest BCUT2D eigenvalue weighted by Crippen LogP contribution is 2.52. The fourth-order valence-electron chi connectivity index (χ4n) is 3.78. The number of thioether (sulfide) groups is 1. The number of benzene rings is 1. The minimum absolute atomic E-state index is 0.168. The number of hydrogen-bond acceptors (Lipinski definition) is 6. The fraction of sp³-hybridized carbons (Fsp3) is 0.333. The van der Waals surface area contributed by atoms with Gasteiger partial charge in [0.25, 0.3) is 0 Å². The summed E-state index contributed by atoms with van der Waals surface area (Å²) >= 11 is 3.00. The lowest BCUT2D eigenvalue weighted by Gasteiger charge is -2.47. The van der Waals surface area contributed by atoms with E-state index in [4.69, 9.17) is 12.3 Å². The number of hydrogen-bond donors (Lipinski definition) is 1. The molecule has 2 N–H and O–H groups in total. The quantitative estimate of drug-likeness (QED) is 0.774. The second kappa shape index (κ2) is 5.84. The molecule has 2 aliphatic heterocycles. The van der Waals surface area contributed by atoms with Crippen molar-refractivity contribution in [2.45, 2.75) is 23.6 Å². The molecule has 8 heteroatoms. The Kier molecular flexibility index (Phi) is 3.95. The lowest BCUT2D eigenvalue weighted by Crippen LogP contribution is -2.57. The summed E-state index contributed by atoms with van der Waals surface area (Å²) in [6.45, 7) is 9.20. The van der Waals surface area contributed by atoms with E-state index in [1.165, 1.54) is 11.8 Å². The van der Waals surface area contributed by atoms with Crippen LogP contribution in [-0.2, 0) is 15.4 Å². The van der Waals surface area contributed by atoms with Crippen LogP contribution in [0.25, 0.3) is 16.0 Å². The molecule has 3 heterocycles. The van der Waals surface area contributed by atoms with Crippen LogP contribution in [0.2, 0.25) is 0 Å². The summed E-state index contributed by atoms with van der Waals surface area (Å²) in [6, 6.07) is 9.60. The van der Waals surface area contributed by atoms with Gasteiger partial charge in [0.15, 0.2) is 20.7 Å². The van der Waals surface area contributed by atoms with E-state index in [9.17, 15) is 8.42 Å². The summed E-state index contributed by atoms with van der Waals surface area (Å²) in [5.41, 5.74) is 8.19. The summed E-state index contributed by atoms with van der Waals surface area (Å²) in [7, 11) is -2.95. The topological polar surface area (TPSA) is 76.9 Å². The van der Waals surface area contributed by atoms with Gasteiger partial charge >= 0.3 is 0 Å². The molecule has 1 unspecified atom stereocenters. The van der Waals surface area contributed by atoms with Crippen molar-refractivity contribution in [3.8, 4) is 11.1 Å². The molecule has 134 valence electrons. The smallest absolute Gasteiger partial charge is 0.187 e. The molecule has 5 nitrogen and oxygen atoms in total. The number of nitrogens with two attached hydrogens (primary N) is 1. The van der Waals surface area contributed by atoms with Gasteiger partial charge in [0.1, 0.15) is 0 Å². The van der Waals surface area contributed by atoms with Crippen LogP contribution in [0.3, 0.4) is 0 Å². The van der Waals surface area contributed by atoms with Crippen LogP contribution in [0.5, 0.6) is 0 Å². The van der Waals surface area contributed by atoms with E-state index in [0.717, 1.165) is 16.0 Å². The third kappa shape index (κ3) is 3.04. The standard InChI is InChI=1S/C18H17N3O2S3/c1-17(9-18(25-16(19)21-17)10-26(22,23)11-18)15-7-13(8-24-15)12-4-3-5-14(6-12)20-2/h3-8H,9-11H2,1H3,(H2,19,21). The van der Waals surface area contributed by atoms with Crippen LogP contribution in [-0.4, -0.2) is 29.8 Å². The Morgan fingerprint density at radius 1 is 1.27 bits per heavy atom. The number of aliphatic imine (C=N–C) groups is 1. The van der Waals surface area contributed by atoms with Crippen LogP contribution in [0.15, 0.2) is 40.7 Å². The fourth-order valence-corrected chi connectivity index (χ4v) is 9.12. The normalized spacial score (nSPS) is 25.9. The van der Waals surface area contributed by atoms with Gasteiger partial charge in [-0.15, -0.1) is 11.3 Å². The average molecular weight is 404 g/mol. The minimum Gasteiger partial charge on any atom is -0.378 e. The first-order valence-corrected chi connectivity index (χ1v) is 11.6. The van der Waals surface area contributed by atoms with Crippen molar-refractivity contribution in [3.05, 3.63) is 52.0 Å². The molecule has 0 saturated carbocycles. The Balaban J connectivity index is 1.68. The third-order valence-electron chi connectivity index (χ3n) is 4.75. The molecule has 1 aromatic heterocycles. The zero-order valence-corrected chi connectivity index (χ0v) is 16.5. The summed E-state index contributed by atoms with van der Waals surface area (Å²) in [6.07, 6.45) is 0.659. The second-order valence-electron chi connectivity index (χ2n) is 7.08. The Hall–Kier alpha value is -1.82. The molecule has 2 aliphatic rings. The van der Waals surface area contributed by atoms with E-state index in [0.29, 0.717) is 17.3 Å². The summed E-state index contributed by atoms with van der Waals surface area (Å²) in [5, 5.41) is 2.51. The second-order valence-corrected chi connectivity index (χ2v) is 11.5.